The van der Waals surface area contributed by atoms with Crippen LogP contribution in [0.3, 0.4) is 0 Å². The molecular formula is C15H24N2O. The Balaban J connectivity index is 2.11. The van der Waals surface area contributed by atoms with Crippen LogP contribution in [0.2, 0.25) is 0 Å². The molecule has 3 nitrogen and oxygen atoms in total. The SMILES string of the molecule is CCOCC(C)(CN)N1CCc2ccccc2C1. The van der Waals surface area contributed by atoms with E-state index in [-0.39, 0.29) is 5.54 Å². The fraction of sp³-hybridized carbons (Fsp3) is 0.600. The molecule has 0 saturated heterocycles. The third-order valence-corrected chi connectivity index (χ3v) is 3.95. The maximum atomic E-state index is 5.98. The van der Waals surface area contributed by atoms with E-state index < -0.39 is 0 Å². The van der Waals surface area contributed by atoms with E-state index in [1.54, 1.807) is 0 Å². The van der Waals surface area contributed by atoms with Crippen LogP contribution in [0.1, 0.15) is 25.0 Å². The molecule has 3 heteroatoms. The molecule has 1 aromatic rings. The second kappa shape index (κ2) is 5.83. The van der Waals surface area contributed by atoms with Crippen molar-refractivity contribution in [2.24, 2.45) is 5.73 Å². The van der Waals surface area contributed by atoms with Crippen molar-refractivity contribution < 1.29 is 4.74 Å². The zero-order valence-corrected chi connectivity index (χ0v) is 11.5. The van der Waals surface area contributed by atoms with Gasteiger partial charge in [-0.25, -0.2) is 0 Å². The minimum Gasteiger partial charge on any atom is -0.380 e. The number of ether oxygens (including phenoxy) is 1. The third kappa shape index (κ3) is 2.74. The van der Waals surface area contributed by atoms with Crippen LogP contribution in [0.5, 0.6) is 0 Å². The lowest BCUT2D eigenvalue weighted by Gasteiger charge is -2.43. The van der Waals surface area contributed by atoms with Crippen molar-refractivity contribution >= 4 is 0 Å². The Hall–Kier alpha value is -0.900. The fourth-order valence-electron chi connectivity index (χ4n) is 2.56. The summed E-state index contributed by atoms with van der Waals surface area (Å²) in [5, 5.41) is 0. The second-order valence-corrected chi connectivity index (χ2v) is 5.28. The highest BCUT2D eigenvalue weighted by Crippen LogP contribution is 2.25. The molecule has 0 bridgehead atoms. The van der Waals surface area contributed by atoms with E-state index in [1.807, 2.05) is 6.92 Å². The van der Waals surface area contributed by atoms with Crippen molar-refractivity contribution in [2.75, 3.05) is 26.3 Å². The van der Waals surface area contributed by atoms with Gasteiger partial charge in [-0.2, -0.15) is 0 Å². The number of nitrogens with zero attached hydrogens (tertiary/aromatic N) is 1. The highest BCUT2D eigenvalue weighted by atomic mass is 16.5. The monoisotopic (exact) mass is 248 g/mol. The van der Waals surface area contributed by atoms with E-state index in [4.69, 9.17) is 10.5 Å². The molecule has 2 rings (SSSR count). The molecule has 1 aliphatic rings. The first kappa shape index (κ1) is 13.5. The fourth-order valence-corrected chi connectivity index (χ4v) is 2.56. The zero-order chi connectivity index (χ0) is 13.0. The lowest BCUT2D eigenvalue weighted by molar-refractivity contribution is 0.00278. The molecule has 1 heterocycles. The molecule has 0 fully saturated rings. The van der Waals surface area contributed by atoms with Gasteiger partial charge in [-0.05, 0) is 31.4 Å². The van der Waals surface area contributed by atoms with Crippen molar-refractivity contribution in [1.29, 1.82) is 0 Å². The molecule has 1 aromatic carbocycles. The summed E-state index contributed by atoms with van der Waals surface area (Å²) >= 11 is 0. The maximum absolute atomic E-state index is 5.98. The van der Waals surface area contributed by atoms with Gasteiger partial charge >= 0.3 is 0 Å². The Morgan fingerprint density at radius 1 is 1.33 bits per heavy atom. The van der Waals surface area contributed by atoms with Gasteiger partial charge in [0.25, 0.3) is 0 Å². The molecule has 1 atom stereocenters. The van der Waals surface area contributed by atoms with Gasteiger partial charge in [0.2, 0.25) is 0 Å². The maximum Gasteiger partial charge on any atom is 0.0660 e. The van der Waals surface area contributed by atoms with Crippen LogP contribution in [0, 0.1) is 0 Å². The van der Waals surface area contributed by atoms with Crippen LogP contribution >= 0.6 is 0 Å². The van der Waals surface area contributed by atoms with Gasteiger partial charge in [0.15, 0.2) is 0 Å². The van der Waals surface area contributed by atoms with Gasteiger partial charge in [0.1, 0.15) is 0 Å². The standard InChI is InChI=1S/C15H24N2O/c1-3-18-12-15(2,11-16)17-9-8-13-6-4-5-7-14(13)10-17/h4-7H,3,8-12,16H2,1-2H3. The van der Waals surface area contributed by atoms with Crippen molar-refractivity contribution in [3.05, 3.63) is 35.4 Å². The third-order valence-electron chi connectivity index (χ3n) is 3.95. The summed E-state index contributed by atoms with van der Waals surface area (Å²) in [5.74, 6) is 0. The Kier molecular flexibility index (Phi) is 4.38. The molecule has 0 radical (unpaired) electrons. The Morgan fingerprint density at radius 3 is 2.72 bits per heavy atom. The van der Waals surface area contributed by atoms with Crippen molar-refractivity contribution in [2.45, 2.75) is 32.4 Å². The predicted octanol–water partition coefficient (Wildman–Crippen LogP) is 1.80. The van der Waals surface area contributed by atoms with Crippen LogP contribution < -0.4 is 5.73 Å². The summed E-state index contributed by atoms with van der Waals surface area (Å²) in [5.41, 5.74) is 8.83. The first-order valence-electron chi connectivity index (χ1n) is 6.79. The van der Waals surface area contributed by atoms with E-state index in [0.29, 0.717) is 13.2 Å². The quantitative estimate of drug-likeness (QED) is 0.863. The average molecular weight is 248 g/mol. The number of hydrogen-bond donors (Lipinski definition) is 1. The Bertz CT molecular complexity index is 394. The van der Waals surface area contributed by atoms with Gasteiger partial charge in [-0.3, -0.25) is 4.90 Å². The first-order valence-corrected chi connectivity index (χ1v) is 6.79. The van der Waals surface area contributed by atoms with E-state index in [0.717, 1.165) is 26.1 Å². The molecule has 0 spiro atoms. The number of hydrogen-bond acceptors (Lipinski definition) is 3. The van der Waals surface area contributed by atoms with E-state index in [1.165, 1.54) is 11.1 Å². The smallest absolute Gasteiger partial charge is 0.0660 e. The van der Waals surface area contributed by atoms with Gasteiger partial charge in [0, 0.05) is 26.2 Å². The normalized spacial score (nSPS) is 19.3. The first-order chi connectivity index (χ1) is 8.69. The minimum atomic E-state index is -0.0520. The Labute approximate surface area is 110 Å². The van der Waals surface area contributed by atoms with Crippen LogP contribution in [0.4, 0.5) is 0 Å². The molecule has 0 aliphatic carbocycles. The number of fused-ring (bicyclic) bond motifs is 1. The van der Waals surface area contributed by atoms with Crippen molar-refractivity contribution in [3.63, 3.8) is 0 Å². The lowest BCUT2D eigenvalue weighted by Crippen LogP contribution is -2.56. The van der Waals surface area contributed by atoms with Gasteiger partial charge in [0.05, 0.1) is 12.1 Å². The molecular weight excluding hydrogens is 224 g/mol. The van der Waals surface area contributed by atoms with Crippen molar-refractivity contribution in [3.8, 4) is 0 Å². The molecule has 1 aliphatic heterocycles. The zero-order valence-electron chi connectivity index (χ0n) is 11.5. The number of rotatable bonds is 5. The average Bonchev–Trinajstić information content (AvgIpc) is 2.44. The van der Waals surface area contributed by atoms with Crippen LogP contribution in [-0.4, -0.2) is 36.7 Å². The molecule has 18 heavy (non-hydrogen) atoms. The minimum absolute atomic E-state index is 0.0520. The van der Waals surface area contributed by atoms with Crippen LogP contribution in [-0.2, 0) is 17.7 Å². The summed E-state index contributed by atoms with van der Waals surface area (Å²) < 4.78 is 5.61. The summed E-state index contributed by atoms with van der Waals surface area (Å²) in [6.07, 6.45) is 1.11. The molecule has 1 unspecified atom stereocenters. The van der Waals surface area contributed by atoms with E-state index in [2.05, 4.69) is 36.1 Å². The van der Waals surface area contributed by atoms with E-state index in [9.17, 15) is 0 Å². The highest BCUT2D eigenvalue weighted by molar-refractivity contribution is 5.29. The summed E-state index contributed by atoms with van der Waals surface area (Å²) in [6, 6.07) is 8.69. The number of benzene rings is 1. The molecule has 0 aromatic heterocycles. The molecule has 0 saturated carbocycles. The molecule has 100 valence electrons. The highest BCUT2D eigenvalue weighted by Gasteiger charge is 2.32. The van der Waals surface area contributed by atoms with Crippen molar-refractivity contribution in [1.82, 2.24) is 4.90 Å². The lowest BCUT2D eigenvalue weighted by atomic mass is 9.93. The summed E-state index contributed by atoms with van der Waals surface area (Å²) in [4.78, 5) is 2.46. The summed E-state index contributed by atoms with van der Waals surface area (Å²) in [7, 11) is 0. The largest absolute Gasteiger partial charge is 0.380 e. The number of nitrogens with two attached hydrogens (primary N) is 1. The molecule has 0 amide bonds. The summed E-state index contributed by atoms with van der Waals surface area (Å²) in [6.45, 7) is 8.38. The topological polar surface area (TPSA) is 38.5 Å². The Morgan fingerprint density at radius 2 is 2.06 bits per heavy atom. The van der Waals surface area contributed by atoms with Crippen LogP contribution in [0.25, 0.3) is 0 Å². The van der Waals surface area contributed by atoms with E-state index >= 15 is 0 Å². The van der Waals surface area contributed by atoms with Crippen LogP contribution in [0.15, 0.2) is 24.3 Å². The molecule has 2 N–H and O–H groups in total. The van der Waals surface area contributed by atoms with Gasteiger partial charge in [-0.1, -0.05) is 24.3 Å². The van der Waals surface area contributed by atoms with Gasteiger partial charge < -0.3 is 10.5 Å². The predicted molar refractivity (Wildman–Crippen MR) is 74.5 cm³/mol. The second-order valence-electron chi connectivity index (χ2n) is 5.28. The van der Waals surface area contributed by atoms with Gasteiger partial charge in [-0.15, -0.1) is 0 Å².